The summed E-state index contributed by atoms with van der Waals surface area (Å²) in [4.78, 5) is 0. The molecule has 0 spiro atoms. The van der Waals surface area contributed by atoms with Gasteiger partial charge in [0.25, 0.3) is 0 Å². The molecule has 2 unspecified atom stereocenters. The third kappa shape index (κ3) is 2.04. The molecule has 1 rings (SSSR count). The Hall–Kier alpha value is -0.850. The van der Waals surface area contributed by atoms with Crippen molar-refractivity contribution in [3.8, 4) is 6.07 Å². The standard InChI is InChI=1S/C8H11NO2/c9-4-3-6-1-2-7(10)5-8(6)11/h3,7-8,10-11H,1-2,5H2. The Labute approximate surface area is 65.6 Å². The van der Waals surface area contributed by atoms with E-state index in [4.69, 9.17) is 10.4 Å². The van der Waals surface area contributed by atoms with Gasteiger partial charge in [-0.15, -0.1) is 0 Å². The lowest BCUT2D eigenvalue weighted by molar-refractivity contribution is 0.0712. The van der Waals surface area contributed by atoms with Crippen molar-refractivity contribution >= 4 is 0 Å². The van der Waals surface area contributed by atoms with Crippen LogP contribution in [-0.4, -0.2) is 22.4 Å². The van der Waals surface area contributed by atoms with Crippen LogP contribution < -0.4 is 0 Å². The van der Waals surface area contributed by atoms with Gasteiger partial charge in [0.05, 0.1) is 18.3 Å². The summed E-state index contributed by atoms with van der Waals surface area (Å²) in [5, 5.41) is 26.7. The van der Waals surface area contributed by atoms with Crippen LogP contribution in [0, 0.1) is 11.3 Å². The Morgan fingerprint density at radius 2 is 2.27 bits per heavy atom. The molecule has 3 nitrogen and oxygen atoms in total. The molecule has 1 aliphatic rings. The van der Waals surface area contributed by atoms with Crippen molar-refractivity contribution in [3.05, 3.63) is 11.6 Å². The van der Waals surface area contributed by atoms with Crippen LogP contribution in [-0.2, 0) is 0 Å². The quantitative estimate of drug-likeness (QED) is 0.493. The third-order valence-electron chi connectivity index (χ3n) is 1.94. The molecular formula is C8H11NO2. The normalized spacial score (nSPS) is 35.2. The molecule has 0 radical (unpaired) electrons. The van der Waals surface area contributed by atoms with Crippen molar-refractivity contribution < 1.29 is 10.2 Å². The highest BCUT2D eigenvalue weighted by Gasteiger charge is 2.21. The molecular weight excluding hydrogens is 142 g/mol. The van der Waals surface area contributed by atoms with Crippen LogP contribution in [0.15, 0.2) is 11.6 Å². The van der Waals surface area contributed by atoms with E-state index in [0.29, 0.717) is 19.3 Å². The second kappa shape index (κ2) is 3.51. The van der Waals surface area contributed by atoms with E-state index in [9.17, 15) is 5.11 Å². The minimum absolute atomic E-state index is 0.369. The van der Waals surface area contributed by atoms with Crippen LogP contribution in [0.2, 0.25) is 0 Å². The molecule has 3 heteroatoms. The first-order valence-corrected chi connectivity index (χ1v) is 3.68. The molecule has 0 saturated heterocycles. The van der Waals surface area contributed by atoms with E-state index in [1.54, 1.807) is 0 Å². The summed E-state index contributed by atoms with van der Waals surface area (Å²) in [7, 11) is 0. The fraction of sp³-hybridized carbons (Fsp3) is 0.625. The molecule has 0 amide bonds. The zero-order valence-corrected chi connectivity index (χ0v) is 6.20. The number of rotatable bonds is 0. The molecule has 0 heterocycles. The van der Waals surface area contributed by atoms with E-state index in [1.165, 1.54) is 6.08 Å². The molecule has 0 aliphatic heterocycles. The van der Waals surface area contributed by atoms with Crippen LogP contribution in [0.4, 0.5) is 0 Å². The monoisotopic (exact) mass is 153 g/mol. The van der Waals surface area contributed by atoms with Gasteiger partial charge in [-0.2, -0.15) is 5.26 Å². The highest BCUT2D eigenvalue weighted by atomic mass is 16.3. The fourth-order valence-electron chi connectivity index (χ4n) is 1.28. The second-order valence-electron chi connectivity index (χ2n) is 2.79. The van der Waals surface area contributed by atoms with Gasteiger partial charge in [0.1, 0.15) is 0 Å². The maximum Gasteiger partial charge on any atom is 0.0912 e. The Bertz CT molecular complexity index is 205. The molecule has 11 heavy (non-hydrogen) atoms. The molecule has 1 saturated carbocycles. The number of nitrogens with zero attached hydrogens (tertiary/aromatic N) is 1. The minimum atomic E-state index is -0.613. The predicted octanol–water partition coefficient (Wildman–Crippen LogP) is 0.342. The Balaban J connectivity index is 2.59. The van der Waals surface area contributed by atoms with Gasteiger partial charge in [-0.1, -0.05) is 0 Å². The number of hydrogen-bond acceptors (Lipinski definition) is 3. The van der Waals surface area contributed by atoms with Crippen molar-refractivity contribution in [2.24, 2.45) is 0 Å². The summed E-state index contributed by atoms with van der Waals surface area (Å²) in [6.07, 6.45) is 2.02. The van der Waals surface area contributed by atoms with Gasteiger partial charge in [0.15, 0.2) is 0 Å². The van der Waals surface area contributed by atoms with Crippen LogP contribution >= 0.6 is 0 Å². The molecule has 2 atom stereocenters. The molecule has 0 aromatic rings. The second-order valence-corrected chi connectivity index (χ2v) is 2.79. The van der Waals surface area contributed by atoms with Gasteiger partial charge in [0.2, 0.25) is 0 Å². The lowest BCUT2D eigenvalue weighted by atomic mass is 9.90. The van der Waals surface area contributed by atoms with Gasteiger partial charge in [-0.3, -0.25) is 0 Å². The largest absolute Gasteiger partial charge is 0.393 e. The van der Waals surface area contributed by atoms with Gasteiger partial charge in [-0.05, 0) is 18.4 Å². The molecule has 1 aliphatic carbocycles. The van der Waals surface area contributed by atoms with Crippen LogP contribution in [0.5, 0.6) is 0 Å². The first kappa shape index (κ1) is 8.25. The molecule has 2 N–H and O–H groups in total. The minimum Gasteiger partial charge on any atom is -0.393 e. The smallest absolute Gasteiger partial charge is 0.0912 e. The van der Waals surface area contributed by atoms with Gasteiger partial charge < -0.3 is 10.2 Å². The lowest BCUT2D eigenvalue weighted by Crippen LogP contribution is -2.25. The van der Waals surface area contributed by atoms with Gasteiger partial charge in [-0.25, -0.2) is 0 Å². The summed E-state index contributed by atoms with van der Waals surface area (Å²) >= 11 is 0. The number of aliphatic hydroxyl groups excluding tert-OH is 2. The number of aliphatic hydroxyl groups is 2. The predicted molar refractivity (Wildman–Crippen MR) is 39.6 cm³/mol. The average molecular weight is 153 g/mol. The number of allylic oxidation sites excluding steroid dienone is 1. The first-order chi connectivity index (χ1) is 5.24. The highest BCUT2D eigenvalue weighted by molar-refractivity contribution is 5.19. The van der Waals surface area contributed by atoms with Crippen molar-refractivity contribution in [2.45, 2.75) is 31.5 Å². The lowest BCUT2D eigenvalue weighted by Gasteiger charge is -2.23. The zero-order valence-electron chi connectivity index (χ0n) is 6.20. The molecule has 0 aromatic heterocycles. The van der Waals surface area contributed by atoms with E-state index in [2.05, 4.69) is 0 Å². The SMILES string of the molecule is N#CC=C1CCC(O)CC1O. The number of nitriles is 1. The maximum atomic E-state index is 9.29. The molecule has 60 valence electrons. The van der Waals surface area contributed by atoms with Crippen LogP contribution in [0.25, 0.3) is 0 Å². The summed E-state index contributed by atoms with van der Waals surface area (Å²) in [5.74, 6) is 0. The highest BCUT2D eigenvalue weighted by Crippen LogP contribution is 2.23. The summed E-state index contributed by atoms with van der Waals surface area (Å²) in [6.45, 7) is 0. The summed E-state index contributed by atoms with van der Waals surface area (Å²) in [5.41, 5.74) is 0.748. The Morgan fingerprint density at radius 3 is 2.82 bits per heavy atom. The molecule has 0 bridgehead atoms. The van der Waals surface area contributed by atoms with E-state index >= 15 is 0 Å². The number of hydrogen-bond donors (Lipinski definition) is 2. The maximum absolute atomic E-state index is 9.29. The van der Waals surface area contributed by atoms with Crippen LogP contribution in [0.1, 0.15) is 19.3 Å². The molecule has 1 fully saturated rings. The van der Waals surface area contributed by atoms with Crippen molar-refractivity contribution in [2.75, 3.05) is 0 Å². The Kier molecular flexibility index (Phi) is 2.64. The first-order valence-electron chi connectivity index (χ1n) is 3.68. The van der Waals surface area contributed by atoms with E-state index < -0.39 is 12.2 Å². The van der Waals surface area contributed by atoms with Crippen molar-refractivity contribution in [1.29, 1.82) is 5.26 Å². The van der Waals surface area contributed by atoms with E-state index in [1.807, 2.05) is 6.07 Å². The topological polar surface area (TPSA) is 64.2 Å². The summed E-state index contributed by atoms with van der Waals surface area (Å²) < 4.78 is 0. The van der Waals surface area contributed by atoms with Gasteiger partial charge in [0, 0.05) is 12.5 Å². The molecule has 0 aromatic carbocycles. The van der Waals surface area contributed by atoms with Crippen molar-refractivity contribution in [3.63, 3.8) is 0 Å². The van der Waals surface area contributed by atoms with Gasteiger partial charge >= 0.3 is 0 Å². The Morgan fingerprint density at radius 1 is 1.55 bits per heavy atom. The average Bonchev–Trinajstić information content (AvgIpc) is 1.95. The van der Waals surface area contributed by atoms with E-state index in [0.717, 1.165) is 5.57 Å². The van der Waals surface area contributed by atoms with Crippen molar-refractivity contribution in [1.82, 2.24) is 0 Å². The summed E-state index contributed by atoms with van der Waals surface area (Å²) in [6, 6.07) is 1.88. The third-order valence-corrected chi connectivity index (χ3v) is 1.94. The van der Waals surface area contributed by atoms with E-state index in [-0.39, 0.29) is 0 Å². The fourth-order valence-corrected chi connectivity index (χ4v) is 1.28. The van der Waals surface area contributed by atoms with Crippen LogP contribution in [0.3, 0.4) is 0 Å². The zero-order chi connectivity index (χ0) is 8.27.